The van der Waals surface area contributed by atoms with Gasteiger partial charge in [-0.25, -0.2) is 0 Å². The van der Waals surface area contributed by atoms with E-state index in [2.05, 4.69) is 10.4 Å². The van der Waals surface area contributed by atoms with Crippen molar-refractivity contribution in [3.8, 4) is 0 Å². The van der Waals surface area contributed by atoms with E-state index in [4.69, 9.17) is 23.2 Å². The molecular weight excluding hydrogens is 430 g/mol. The van der Waals surface area contributed by atoms with Crippen molar-refractivity contribution < 1.29 is 23.1 Å². The first-order chi connectivity index (χ1) is 13.7. The number of aromatic nitrogens is 2. The molecule has 3 rings (SSSR count). The smallest absolute Gasteiger partial charge is 0.390 e. The van der Waals surface area contributed by atoms with Crippen molar-refractivity contribution >= 4 is 29.1 Å². The summed E-state index contributed by atoms with van der Waals surface area (Å²) in [4.78, 5) is 12.5. The Hall–Kier alpha value is -1.77. The van der Waals surface area contributed by atoms with Crippen LogP contribution in [0.25, 0.3) is 0 Å². The van der Waals surface area contributed by atoms with Crippen molar-refractivity contribution in [3.63, 3.8) is 0 Å². The Labute approximate surface area is 175 Å². The van der Waals surface area contributed by atoms with Gasteiger partial charge in [0.2, 0.25) is 0 Å². The summed E-state index contributed by atoms with van der Waals surface area (Å²) in [6, 6.07) is 2.58. The molecule has 1 fully saturated rings. The topological polar surface area (TPSA) is 67.2 Å². The van der Waals surface area contributed by atoms with Crippen molar-refractivity contribution in [2.75, 3.05) is 0 Å². The normalized spacial score (nSPS) is 19.9. The monoisotopic (exact) mass is 449 g/mol. The van der Waals surface area contributed by atoms with Gasteiger partial charge in [-0.15, -0.1) is 0 Å². The summed E-state index contributed by atoms with van der Waals surface area (Å²) in [5.41, 5.74) is -0.517. The third-order valence-corrected chi connectivity index (χ3v) is 5.84. The summed E-state index contributed by atoms with van der Waals surface area (Å²) in [5, 5.41) is 16.8. The van der Waals surface area contributed by atoms with Gasteiger partial charge in [0.05, 0.1) is 39.7 Å². The molecule has 2 N–H and O–H groups in total. The molecule has 1 aromatic heterocycles. The molecule has 1 amide bonds. The van der Waals surface area contributed by atoms with Crippen LogP contribution in [0.15, 0.2) is 24.4 Å². The van der Waals surface area contributed by atoms with Gasteiger partial charge >= 0.3 is 6.18 Å². The van der Waals surface area contributed by atoms with Crippen molar-refractivity contribution in [1.82, 2.24) is 15.1 Å². The first-order valence-corrected chi connectivity index (χ1v) is 9.93. The molecule has 1 heterocycles. The van der Waals surface area contributed by atoms with E-state index in [9.17, 15) is 23.1 Å². The molecule has 0 bridgehead atoms. The van der Waals surface area contributed by atoms with Gasteiger partial charge in [-0.3, -0.25) is 9.48 Å². The number of aliphatic hydroxyl groups is 1. The predicted octanol–water partition coefficient (Wildman–Crippen LogP) is 4.69. The van der Waals surface area contributed by atoms with Gasteiger partial charge in [-0.2, -0.15) is 18.3 Å². The summed E-state index contributed by atoms with van der Waals surface area (Å²) in [6.07, 6.45) is -0.0433. The van der Waals surface area contributed by atoms with Gasteiger partial charge in [-0.1, -0.05) is 23.2 Å². The molecule has 0 spiro atoms. The number of halogens is 5. The highest BCUT2D eigenvalue weighted by Gasteiger charge is 2.32. The van der Waals surface area contributed by atoms with Crippen LogP contribution in [-0.2, 0) is 19.3 Å². The van der Waals surface area contributed by atoms with Crippen molar-refractivity contribution in [2.24, 2.45) is 5.92 Å². The van der Waals surface area contributed by atoms with Crippen LogP contribution in [0.2, 0.25) is 10.0 Å². The number of carbonyl (C=O) groups is 1. The summed E-state index contributed by atoms with van der Waals surface area (Å²) >= 11 is 11.9. The zero-order chi connectivity index (χ0) is 21.2. The fourth-order valence-corrected chi connectivity index (χ4v) is 3.98. The maximum atomic E-state index is 12.9. The minimum absolute atomic E-state index is 0.0173. The highest BCUT2D eigenvalue weighted by atomic mass is 35.5. The van der Waals surface area contributed by atoms with E-state index in [-0.39, 0.29) is 23.2 Å². The van der Waals surface area contributed by atoms with Crippen LogP contribution in [0, 0.1) is 5.92 Å². The van der Waals surface area contributed by atoms with E-state index >= 15 is 0 Å². The van der Waals surface area contributed by atoms with Crippen molar-refractivity contribution in [1.29, 1.82) is 0 Å². The highest BCUT2D eigenvalue weighted by Crippen LogP contribution is 2.32. The first-order valence-electron chi connectivity index (χ1n) is 9.17. The minimum atomic E-state index is -4.54. The molecule has 1 aromatic carbocycles. The van der Waals surface area contributed by atoms with Crippen molar-refractivity contribution in [3.05, 3.63) is 51.3 Å². The Morgan fingerprint density at radius 2 is 1.90 bits per heavy atom. The second-order valence-electron chi connectivity index (χ2n) is 7.16. The predicted molar refractivity (Wildman–Crippen MR) is 103 cm³/mol. The lowest BCUT2D eigenvalue weighted by molar-refractivity contribution is -0.137. The van der Waals surface area contributed by atoms with Gasteiger partial charge in [0, 0.05) is 12.6 Å². The summed E-state index contributed by atoms with van der Waals surface area (Å²) in [6.45, 7) is 0.421. The average Bonchev–Trinajstić information content (AvgIpc) is 3.02. The quantitative estimate of drug-likeness (QED) is 0.695. The number of benzene rings is 1. The number of rotatable bonds is 5. The fraction of sp³-hybridized carbons (Fsp3) is 0.474. The van der Waals surface area contributed by atoms with Crippen LogP contribution in [0.1, 0.15) is 47.3 Å². The molecule has 1 aliphatic rings. The van der Waals surface area contributed by atoms with Gasteiger partial charge in [-0.05, 0) is 49.8 Å². The lowest BCUT2D eigenvalue weighted by atomic mass is 9.86. The SMILES string of the molecule is O=C(N[C@H]1CC[C@H](Cn2ncc(Cl)c2CO)CC1)c1cc(C(F)(F)F)ccc1Cl. The lowest BCUT2D eigenvalue weighted by Gasteiger charge is -2.29. The lowest BCUT2D eigenvalue weighted by Crippen LogP contribution is -2.38. The maximum Gasteiger partial charge on any atom is 0.416 e. The second kappa shape index (κ2) is 8.93. The van der Waals surface area contributed by atoms with Gasteiger partial charge in [0.1, 0.15) is 0 Å². The number of amides is 1. The number of aliphatic hydroxyl groups excluding tert-OH is 1. The third kappa shape index (κ3) is 5.24. The molecule has 10 heteroatoms. The number of hydrogen-bond acceptors (Lipinski definition) is 3. The molecule has 158 valence electrons. The highest BCUT2D eigenvalue weighted by molar-refractivity contribution is 6.33. The van der Waals surface area contributed by atoms with Crippen LogP contribution in [0.5, 0.6) is 0 Å². The van der Waals surface area contributed by atoms with E-state index in [1.54, 1.807) is 4.68 Å². The Balaban J connectivity index is 1.57. The van der Waals surface area contributed by atoms with E-state index < -0.39 is 17.6 Å². The summed E-state index contributed by atoms with van der Waals surface area (Å²) < 4.78 is 40.4. The average molecular weight is 450 g/mol. The molecular formula is C19H20Cl2F3N3O2. The molecule has 0 aliphatic heterocycles. The zero-order valence-corrected chi connectivity index (χ0v) is 16.9. The summed E-state index contributed by atoms with van der Waals surface area (Å²) in [7, 11) is 0. The standard InChI is InChI=1S/C19H20Cl2F3N3O2/c20-15-6-3-12(19(22,23)24)7-14(15)18(29)26-13-4-1-11(2-5-13)9-27-17(10-28)16(21)8-25-27/h3,6-8,11,13,28H,1-2,4-5,9-10H2,(H,26,29)/t11-,13-. The number of alkyl halides is 3. The van der Waals surface area contributed by atoms with E-state index in [0.717, 1.165) is 31.0 Å². The van der Waals surface area contributed by atoms with Crippen molar-refractivity contribution in [2.45, 2.75) is 51.1 Å². The maximum absolute atomic E-state index is 12.9. The minimum Gasteiger partial charge on any atom is -0.390 e. The number of hydrogen-bond donors (Lipinski definition) is 2. The van der Waals surface area contributed by atoms with Crippen LogP contribution in [0.3, 0.4) is 0 Å². The molecule has 0 saturated heterocycles. The zero-order valence-electron chi connectivity index (χ0n) is 15.3. The Bertz CT molecular complexity index is 878. The molecule has 2 aromatic rings. The molecule has 0 atom stereocenters. The van der Waals surface area contributed by atoms with E-state index in [0.29, 0.717) is 36.0 Å². The molecule has 1 aliphatic carbocycles. The van der Waals surface area contributed by atoms with Gasteiger partial charge < -0.3 is 10.4 Å². The molecule has 0 unspecified atom stereocenters. The van der Waals surface area contributed by atoms with Crippen LogP contribution in [0.4, 0.5) is 13.2 Å². The van der Waals surface area contributed by atoms with E-state index in [1.807, 2.05) is 0 Å². The Morgan fingerprint density at radius 1 is 1.21 bits per heavy atom. The Kier molecular flexibility index (Phi) is 6.76. The largest absolute Gasteiger partial charge is 0.416 e. The van der Waals surface area contributed by atoms with Gasteiger partial charge in [0.15, 0.2) is 0 Å². The molecule has 5 nitrogen and oxygen atoms in total. The molecule has 29 heavy (non-hydrogen) atoms. The van der Waals surface area contributed by atoms with Crippen LogP contribution in [-0.4, -0.2) is 26.8 Å². The van der Waals surface area contributed by atoms with Crippen LogP contribution >= 0.6 is 23.2 Å². The number of nitrogens with zero attached hydrogens (tertiary/aromatic N) is 2. The molecule has 1 saturated carbocycles. The number of nitrogens with one attached hydrogen (secondary N) is 1. The number of carbonyl (C=O) groups excluding carboxylic acids is 1. The fourth-order valence-electron chi connectivity index (χ4n) is 3.58. The van der Waals surface area contributed by atoms with Crippen LogP contribution < -0.4 is 5.32 Å². The Morgan fingerprint density at radius 3 is 2.52 bits per heavy atom. The first kappa shape index (κ1) is 21.9. The van der Waals surface area contributed by atoms with E-state index in [1.165, 1.54) is 6.20 Å². The summed E-state index contributed by atoms with van der Waals surface area (Å²) in [5.74, 6) is -0.299. The third-order valence-electron chi connectivity index (χ3n) is 5.20. The second-order valence-corrected chi connectivity index (χ2v) is 7.98. The van der Waals surface area contributed by atoms with Gasteiger partial charge in [0.25, 0.3) is 5.91 Å². The molecule has 0 radical (unpaired) electrons.